The first-order valence-corrected chi connectivity index (χ1v) is 7.00. The summed E-state index contributed by atoms with van der Waals surface area (Å²) in [5, 5.41) is 12.3. The number of nitrogens with one attached hydrogen (secondary N) is 1. The Morgan fingerprint density at radius 1 is 1.29 bits per heavy atom. The van der Waals surface area contributed by atoms with Crippen molar-refractivity contribution in [2.45, 2.75) is 31.3 Å². The van der Waals surface area contributed by atoms with E-state index in [0.29, 0.717) is 29.5 Å². The van der Waals surface area contributed by atoms with Crippen molar-refractivity contribution in [3.63, 3.8) is 0 Å². The maximum Gasteiger partial charge on any atom is 0.150 e. The van der Waals surface area contributed by atoms with E-state index in [1.165, 1.54) is 0 Å². The van der Waals surface area contributed by atoms with Crippen LogP contribution >= 0.6 is 0 Å². The smallest absolute Gasteiger partial charge is 0.150 e. The van der Waals surface area contributed by atoms with Gasteiger partial charge < -0.3 is 10.4 Å². The van der Waals surface area contributed by atoms with Gasteiger partial charge in [0, 0.05) is 18.7 Å². The Hall–Kier alpha value is -0.130. The van der Waals surface area contributed by atoms with E-state index in [4.69, 9.17) is 5.11 Å². The van der Waals surface area contributed by atoms with Crippen LogP contribution in [0.1, 0.15) is 19.3 Å². The van der Waals surface area contributed by atoms with Crippen LogP contribution in [0.3, 0.4) is 0 Å². The molecule has 1 heterocycles. The minimum atomic E-state index is -2.74. The molecule has 0 spiro atoms. The number of aliphatic hydroxyl groups excluding tert-OH is 1. The van der Waals surface area contributed by atoms with Crippen molar-refractivity contribution in [2.24, 2.45) is 5.92 Å². The summed E-state index contributed by atoms with van der Waals surface area (Å²) in [6, 6.07) is 0.783. The Balaban J connectivity index is 1.74. The molecule has 2 fully saturated rings. The summed E-state index contributed by atoms with van der Waals surface area (Å²) in [7, 11) is -2.74. The molecule has 5 heteroatoms. The van der Waals surface area contributed by atoms with Gasteiger partial charge in [-0.25, -0.2) is 8.42 Å². The van der Waals surface area contributed by atoms with Crippen LogP contribution in [0.15, 0.2) is 0 Å². The van der Waals surface area contributed by atoms with E-state index in [1.807, 2.05) is 0 Å². The summed E-state index contributed by atoms with van der Waals surface area (Å²) < 4.78 is 22.3. The molecule has 0 radical (unpaired) electrons. The standard InChI is InChI=1S/C9H17NO3S/c11-6-7-5-9(7)10-8-1-3-14(12,13)4-2-8/h7-11H,1-6H2/t7-,9+/m0/s1. The third-order valence-electron chi connectivity index (χ3n) is 3.16. The zero-order valence-corrected chi connectivity index (χ0v) is 8.96. The van der Waals surface area contributed by atoms with Crippen molar-refractivity contribution >= 4 is 9.84 Å². The predicted molar refractivity (Wildman–Crippen MR) is 53.8 cm³/mol. The minimum Gasteiger partial charge on any atom is -0.396 e. The first-order valence-electron chi connectivity index (χ1n) is 5.18. The monoisotopic (exact) mass is 219 g/mol. The number of hydrogen-bond acceptors (Lipinski definition) is 4. The molecule has 2 N–H and O–H groups in total. The molecule has 0 amide bonds. The van der Waals surface area contributed by atoms with Gasteiger partial charge in [0.15, 0.2) is 0 Å². The van der Waals surface area contributed by atoms with Gasteiger partial charge in [-0.2, -0.15) is 0 Å². The molecule has 2 aliphatic rings. The SMILES string of the molecule is O=S1(=O)CCC(N[C@@H]2C[C@H]2CO)CC1. The zero-order chi connectivity index (χ0) is 10.2. The molecule has 1 saturated heterocycles. The van der Waals surface area contributed by atoms with E-state index in [0.717, 1.165) is 19.3 Å². The summed E-state index contributed by atoms with van der Waals surface area (Å²) in [5.74, 6) is 1.05. The van der Waals surface area contributed by atoms with Gasteiger partial charge in [0.1, 0.15) is 9.84 Å². The van der Waals surface area contributed by atoms with E-state index in [2.05, 4.69) is 5.32 Å². The quantitative estimate of drug-likeness (QED) is 0.674. The molecule has 2 rings (SSSR count). The lowest BCUT2D eigenvalue weighted by molar-refractivity contribution is 0.268. The fourth-order valence-electron chi connectivity index (χ4n) is 2.01. The Kier molecular flexibility index (Phi) is 2.81. The number of rotatable bonds is 3. The molecule has 0 aromatic carbocycles. The predicted octanol–water partition coefficient (Wildman–Crippen LogP) is -0.466. The Bertz CT molecular complexity index is 287. The molecular weight excluding hydrogens is 202 g/mol. The van der Waals surface area contributed by atoms with Crippen LogP contribution in [-0.4, -0.2) is 43.7 Å². The molecule has 1 aliphatic carbocycles. The molecule has 0 bridgehead atoms. The van der Waals surface area contributed by atoms with Crippen LogP contribution in [0.4, 0.5) is 0 Å². The molecule has 4 nitrogen and oxygen atoms in total. The van der Waals surface area contributed by atoms with Crippen LogP contribution in [0, 0.1) is 5.92 Å². The van der Waals surface area contributed by atoms with Crippen LogP contribution in [0.25, 0.3) is 0 Å². The second-order valence-electron chi connectivity index (χ2n) is 4.38. The van der Waals surface area contributed by atoms with Crippen molar-refractivity contribution in [3.8, 4) is 0 Å². The molecular formula is C9H17NO3S. The van der Waals surface area contributed by atoms with Crippen LogP contribution in [-0.2, 0) is 9.84 Å². The van der Waals surface area contributed by atoms with Gasteiger partial charge in [0.25, 0.3) is 0 Å². The van der Waals surface area contributed by atoms with Gasteiger partial charge in [0.05, 0.1) is 11.5 Å². The fourth-order valence-corrected chi connectivity index (χ4v) is 3.50. The largest absolute Gasteiger partial charge is 0.396 e. The van der Waals surface area contributed by atoms with Crippen molar-refractivity contribution < 1.29 is 13.5 Å². The van der Waals surface area contributed by atoms with Gasteiger partial charge in [-0.05, 0) is 25.2 Å². The minimum absolute atomic E-state index is 0.253. The molecule has 2 atom stereocenters. The highest BCUT2D eigenvalue weighted by atomic mass is 32.2. The van der Waals surface area contributed by atoms with Crippen molar-refractivity contribution in [3.05, 3.63) is 0 Å². The van der Waals surface area contributed by atoms with Gasteiger partial charge in [-0.1, -0.05) is 0 Å². The molecule has 14 heavy (non-hydrogen) atoms. The van der Waals surface area contributed by atoms with E-state index in [-0.39, 0.29) is 6.61 Å². The average Bonchev–Trinajstić information content (AvgIpc) is 2.88. The van der Waals surface area contributed by atoms with Crippen LogP contribution in [0.5, 0.6) is 0 Å². The molecule has 0 unspecified atom stereocenters. The number of aliphatic hydroxyl groups is 1. The van der Waals surface area contributed by atoms with Crippen molar-refractivity contribution in [1.82, 2.24) is 5.32 Å². The van der Waals surface area contributed by atoms with E-state index >= 15 is 0 Å². The first-order chi connectivity index (χ1) is 6.61. The fraction of sp³-hybridized carbons (Fsp3) is 1.00. The van der Waals surface area contributed by atoms with Gasteiger partial charge in [-0.3, -0.25) is 0 Å². The first kappa shape index (κ1) is 10.4. The lowest BCUT2D eigenvalue weighted by atomic mass is 10.1. The normalized spacial score (nSPS) is 36.9. The lowest BCUT2D eigenvalue weighted by Crippen LogP contribution is -2.39. The highest BCUT2D eigenvalue weighted by molar-refractivity contribution is 7.91. The van der Waals surface area contributed by atoms with Crippen LogP contribution in [0.2, 0.25) is 0 Å². The zero-order valence-electron chi connectivity index (χ0n) is 8.15. The number of sulfone groups is 1. The van der Waals surface area contributed by atoms with Gasteiger partial charge in [-0.15, -0.1) is 0 Å². The Morgan fingerprint density at radius 3 is 2.43 bits per heavy atom. The molecule has 82 valence electrons. The Morgan fingerprint density at radius 2 is 1.93 bits per heavy atom. The van der Waals surface area contributed by atoms with Crippen molar-refractivity contribution in [1.29, 1.82) is 0 Å². The summed E-state index contributed by atoms with van der Waals surface area (Å²) >= 11 is 0. The van der Waals surface area contributed by atoms with Crippen LogP contribution < -0.4 is 5.32 Å². The van der Waals surface area contributed by atoms with Gasteiger partial charge in [0.2, 0.25) is 0 Å². The maximum atomic E-state index is 11.2. The third-order valence-corrected chi connectivity index (χ3v) is 4.88. The second-order valence-corrected chi connectivity index (χ2v) is 6.68. The Labute approximate surface area is 84.6 Å². The summed E-state index contributed by atoms with van der Waals surface area (Å²) in [4.78, 5) is 0. The average molecular weight is 219 g/mol. The van der Waals surface area contributed by atoms with E-state index < -0.39 is 9.84 Å². The summed E-state index contributed by atoms with van der Waals surface area (Å²) in [6.45, 7) is 0.253. The molecule has 0 aromatic rings. The topological polar surface area (TPSA) is 66.4 Å². The van der Waals surface area contributed by atoms with Crippen molar-refractivity contribution in [2.75, 3.05) is 18.1 Å². The summed E-state index contributed by atoms with van der Waals surface area (Å²) in [5.41, 5.74) is 0. The highest BCUT2D eigenvalue weighted by Gasteiger charge is 2.38. The second kappa shape index (κ2) is 3.79. The highest BCUT2D eigenvalue weighted by Crippen LogP contribution is 2.30. The molecule has 1 saturated carbocycles. The van der Waals surface area contributed by atoms with E-state index in [1.54, 1.807) is 0 Å². The molecule has 1 aliphatic heterocycles. The summed E-state index contributed by atoms with van der Waals surface area (Å²) in [6.07, 6.45) is 2.51. The van der Waals surface area contributed by atoms with Gasteiger partial charge >= 0.3 is 0 Å². The maximum absolute atomic E-state index is 11.2. The lowest BCUT2D eigenvalue weighted by Gasteiger charge is -2.23. The number of hydrogen-bond donors (Lipinski definition) is 2. The van der Waals surface area contributed by atoms with E-state index in [9.17, 15) is 8.42 Å². The molecule has 0 aromatic heterocycles. The third kappa shape index (κ3) is 2.46.